The first-order valence-corrected chi connectivity index (χ1v) is 12.4. The second-order valence-corrected chi connectivity index (χ2v) is 9.82. The van der Waals surface area contributed by atoms with Crippen LogP contribution in [0.4, 0.5) is 4.79 Å². The number of nitrogens with one attached hydrogen (secondary N) is 3. The molecule has 1 heterocycles. The maximum absolute atomic E-state index is 13.0. The van der Waals surface area contributed by atoms with Gasteiger partial charge in [-0.05, 0) is 42.9 Å². The Morgan fingerprint density at radius 2 is 1.94 bits per heavy atom. The molecule has 2 fully saturated rings. The van der Waals surface area contributed by atoms with Gasteiger partial charge in [0.25, 0.3) is 0 Å². The first kappa shape index (κ1) is 25.2. The molecule has 1 aliphatic carbocycles. The molecule has 0 radical (unpaired) electrons. The topological polar surface area (TPSA) is 114 Å². The Balaban J connectivity index is 1.59. The van der Waals surface area contributed by atoms with Gasteiger partial charge in [-0.15, -0.1) is 0 Å². The fourth-order valence-electron chi connectivity index (χ4n) is 4.56. The third kappa shape index (κ3) is 8.14. The SMILES string of the molecule is O=C[C@H](C[C@@H]1CCNC1=O)NC(=O)[C@H](CC1CCCCC1)NC(=O)OCc1cccc(Br)c1. The number of rotatable bonds is 10. The van der Waals surface area contributed by atoms with Crippen molar-refractivity contribution in [3.8, 4) is 0 Å². The molecule has 2 aliphatic rings. The minimum Gasteiger partial charge on any atom is -0.445 e. The molecule has 3 atom stereocenters. The van der Waals surface area contributed by atoms with Crippen LogP contribution >= 0.6 is 15.9 Å². The monoisotopic (exact) mass is 521 g/mol. The van der Waals surface area contributed by atoms with Gasteiger partial charge in [0.2, 0.25) is 11.8 Å². The smallest absolute Gasteiger partial charge is 0.408 e. The van der Waals surface area contributed by atoms with Crippen molar-refractivity contribution in [1.29, 1.82) is 0 Å². The number of ether oxygens (including phenoxy) is 1. The van der Waals surface area contributed by atoms with Crippen LogP contribution in [0.1, 0.15) is 56.9 Å². The molecule has 0 bridgehead atoms. The van der Waals surface area contributed by atoms with E-state index in [4.69, 9.17) is 4.74 Å². The molecule has 0 unspecified atom stereocenters. The number of benzene rings is 1. The van der Waals surface area contributed by atoms with Gasteiger partial charge in [-0.2, -0.15) is 0 Å². The lowest BCUT2D eigenvalue weighted by Crippen LogP contribution is -2.51. The molecule has 1 aliphatic heterocycles. The molecule has 0 aromatic heterocycles. The van der Waals surface area contributed by atoms with E-state index in [1.165, 1.54) is 6.42 Å². The Bertz CT molecular complexity index is 843. The molecule has 0 spiro atoms. The number of amides is 3. The third-order valence-corrected chi connectivity index (χ3v) is 6.85. The van der Waals surface area contributed by atoms with E-state index in [1.807, 2.05) is 24.3 Å². The molecule has 180 valence electrons. The molecule has 3 amide bonds. The summed E-state index contributed by atoms with van der Waals surface area (Å²) in [6.45, 7) is 0.662. The summed E-state index contributed by atoms with van der Waals surface area (Å²) in [5.74, 6) is -0.477. The average Bonchev–Trinajstić information content (AvgIpc) is 3.21. The number of aldehydes is 1. The standard InChI is InChI=1S/C24H32BrN3O5/c25-19-8-4-7-17(11-19)15-33-24(32)28-21(12-16-5-2-1-3-6-16)23(31)27-20(14-29)13-18-9-10-26-22(18)30/h4,7-8,11,14,16,18,20-21H,1-3,5-6,9-10,12-13,15H2,(H,26,30)(H,27,31)(H,28,32)/t18-,20-,21-/m0/s1. The van der Waals surface area contributed by atoms with E-state index in [0.29, 0.717) is 31.6 Å². The Kier molecular flexibility index (Phi) is 9.72. The lowest BCUT2D eigenvalue weighted by molar-refractivity contribution is -0.127. The number of carbonyl (C=O) groups is 4. The van der Waals surface area contributed by atoms with Crippen molar-refractivity contribution in [2.45, 2.75) is 70.1 Å². The Hall–Kier alpha value is -2.42. The molecule has 8 nitrogen and oxygen atoms in total. The van der Waals surface area contributed by atoms with E-state index in [1.54, 1.807) is 0 Å². The summed E-state index contributed by atoms with van der Waals surface area (Å²) in [4.78, 5) is 49.0. The van der Waals surface area contributed by atoms with Gasteiger partial charge in [-0.3, -0.25) is 9.59 Å². The summed E-state index contributed by atoms with van der Waals surface area (Å²) < 4.78 is 6.22. The van der Waals surface area contributed by atoms with Crippen molar-refractivity contribution >= 4 is 40.1 Å². The highest BCUT2D eigenvalue weighted by Gasteiger charge is 2.31. The van der Waals surface area contributed by atoms with Gasteiger partial charge in [0.05, 0.1) is 6.04 Å². The molecular formula is C24H32BrN3O5. The van der Waals surface area contributed by atoms with E-state index in [-0.39, 0.29) is 24.9 Å². The zero-order valence-electron chi connectivity index (χ0n) is 18.7. The van der Waals surface area contributed by atoms with Gasteiger partial charge < -0.3 is 25.5 Å². The highest BCUT2D eigenvalue weighted by Crippen LogP contribution is 2.27. The first-order chi connectivity index (χ1) is 15.9. The summed E-state index contributed by atoms with van der Waals surface area (Å²) in [5, 5.41) is 8.17. The Morgan fingerprint density at radius 1 is 1.15 bits per heavy atom. The van der Waals surface area contributed by atoms with Crippen molar-refractivity contribution in [1.82, 2.24) is 16.0 Å². The Morgan fingerprint density at radius 3 is 2.61 bits per heavy atom. The molecule has 1 aromatic carbocycles. The molecule has 3 rings (SSSR count). The maximum atomic E-state index is 13.0. The number of carbonyl (C=O) groups excluding carboxylic acids is 4. The molecule has 1 aromatic rings. The molecule has 33 heavy (non-hydrogen) atoms. The third-order valence-electron chi connectivity index (χ3n) is 6.35. The summed E-state index contributed by atoms with van der Waals surface area (Å²) >= 11 is 3.39. The highest BCUT2D eigenvalue weighted by atomic mass is 79.9. The van der Waals surface area contributed by atoms with Gasteiger partial charge in [-0.1, -0.05) is 60.2 Å². The van der Waals surface area contributed by atoms with Gasteiger partial charge in [0.15, 0.2) is 0 Å². The number of halogens is 1. The summed E-state index contributed by atoms with van der Waals surface area (Å²) in [6, 6.07) is 5.85. The quantitative estimate of drug-likeness (QED) is 0.409. The van der Waals surface area contributed by atoms with Crippen LogP contribution in [-0.2, 0) is 25.7 Å². The van der Waals surface area contributed by atoms with Crippen LogP contribution in [0.15, 0.2) is 28.7 Å². The molecule has 3 N–H and O–H groups in total. The fourth-order valence-corrected chi connectivity index (χ4v) is 5.00. The average molecular weight is 522 g/mol. The first-order valence-electron chi connectivity index (χ1n) is 11.7. The minimum absolute atomic E-state index is 0.0802. The van der Waals surface area contributed by atoms with Crippen LogP contribution in [0.3, 0.4) is 0 Å². The minimum atomic E-state index is -0.803. The zero-order chi connectivity index (χ0) is 23.6. The molecule has 1 saturated carbocycles. The van der Waals surface area contributed by atoms with E-state index in [0.717, 1.165) is 35.7 Å². The van der Waals surface area contributed by atoms with E-state index in [2.05, 4.69) is 31.9 Å². The van der Waals surface area contributed by atoms with E-state index in [9.17, 15) is 19.2 Å². The van der Waals surface area contributed by atoms with Gasteiger partial charge in [0.1, 0.15) is 18.9 Å². The molecule has 9 heteroatoms. The van der Waals surface area contributed by atoms with Crippen molar-refractivity contribution < 1.29 is 23.9 Å². The number of alkyl carbamates (subject to hydrolysis) is 1. The van der Waals surface area contributed by atoms with Gasteiger partial charge >= 0.3 is 6.09 Å². The lowest BCUT2D eigenvalue weighted by atomic mass is 9.84. The summed E-state index contributed by atoms with van der Waals surface area (Å²) in [6.07, 6.45) is 6.81. The maximum Gasteiger partial charge on any atom is 0.408 e. The van der Waals surface area contributed by atoms with Crippen LogP contribution in [0.5, 0.6) is 0 Å². The number of hydrogen-bond donors (Lipinski definition) is 3. The van der Waals surface area contributed by atoms with Crippen LogP contribution < -0.4 is 16.0 Å². The largest absolute Gasteiger partial charge is 0.445 e. The van der Waals surface area contributed by atoms with Crippen LogP contribution in [-0.4, -0.2) is 42.8 Å². The predicted molar refractivity (Wildman–Crippen MR) is 126 cm³/mol. The fraction of sp³-hybridized carbons (Fsp3) is 0.583. The van der Waals surface area contributed by atoms with Crippen LogP contribution in [0, 0.1) is 11.8 Å². The zero-order valence-corrected chi connectivity index (χ0v) is 20.3. The predicted octanol–water partition coefficient (Wildman–Crippen LogP) is 3.22. The van der Waals surface area contributed by atoms with Crippen molar-refractivity contribution in [3.05, 3.63) is 34.3 Å². The summed E-state index contributed by atoms with van der Waals surface area (Å²) in [7, 11) is 0. The highest BCUT2D eigenvalue weighted by molar-refractivity contribution is 9.10. The van der Waals surface area contributed by atoms with E-state index >= 15 is 0 Å². The Labute approximate surface area is 202 Å². The number of hydrogen-bond acceptors (Lipinski definition) is 5. The molecule has 1 saturated heterocycles. The second kappa shape index (κ2) is 12.7. The van der Waals surface area contributed by atoms with Crippen molar-refractivity contribution in [3.63, 3.8) is 0 Å². The van der Waals surface area contributed by atoms with Gasteiger partial charge in [-0.25, -0.2) is 4.79 Å². The lowest BCUT2D eigenvalue weighted by Gasteiger charge is -2.27. The van der Waals surface area contributed by atoms with E-state index < -0.39 is 24.1 Å². The van der Waals surface area contributed by atoms with Crippen LogP contribution in [0.25, 0.3) is 0 Å². The van der Waals surface area contributed by atoms with Crippen LogP contribution in [0.2, 0.25) is 0 Å². The summed E-state index contributed by atoms with van der Waals surface area (Å²) in [5.41, 5.74) is 0.823. The normalized spacial score (nSPS) is 20.4. The van der Waals surface area contributed by atoms with Crippen molar-refractivity contribution in [2.24, 2.45) is 11.8 Å². The second-order valence-electron chi connectivity index (χ2n) is 8.91. The van der Waals surface area contributed by atoms with Gasteiger partial charge in [0, 0.05) is 16.9 Å². The molecular weight excluding hydrogens is 490 g/mol. The van der Waals surface area contributed by atoms with Crippen molar-refractivity contribution in [2.75, 3.05) is 6.54 Å².